The van der Waals surface area contributed by atoms with E-state index in [1.54, 1.807) is 27.7 Å². The predicted octanol–water partition coefficient (Wildman–Crippen LogP) is 0.579. The average molecular weight is 250 g/mol. The van der Waals surface area contributed by atoms with Crippen LogP contribution in [0.15, 0.2) is 0 Å². The number of ether oxygens (including phenoxy) is 1. The van der Waals surface area contributed by atoms with E-state index >= 15 is 0 Å². The van der Waals surface area contributed by atoms with Crippen LogP contribution in [-0.2, 0) is 24.2 Å². The van der Waals surface area contributed by atoms with Crippen LogP contribution in [0.2, 0.25) is 0 Å². The summed E-state index contributed by atoms with van der Waals surface area (Å²) in [6.07, 6.45) is 0. The number of carbonyl (C=O) groups is 2. The summed E-state index contributed by atoms with van der Waals surface area (Å²) in [5.74, 6) is -2.57. The lowest BCUT2D eigenvalue weighted by molar-refractivity contribution is -0.139. The van der Waals surface area contributed by atoms with Gasteiger partial charge < -0.3 is 4.74 Å². The minimum Gasteiger partial charge on any atom is -0.465 e. The largest absolute Gasteiger partial charge is 0.465 e. The second-order valence-corrected chi connectivity index (χ2v) is 6.57. The quantitative estimate of drug-likeness (QED) is 0.667. The maximum absolute atomic E-state index is 11.5. The van der Waals surface area contributed by atoms with Crippen molar-refractivity contribution in [1.82, 2.24) is 0 Å². The van der Waals surface area contributed by atoms with E-state index in [9.17, 15) is 18.0 Å². The molecule has 0 saturated carbocycles. The third-order valence-electron chi connectivity index (χ3n) is 1.83. The molecule has 0 aliphatic rings. The zero-order valence-corrected chi connectivity index (χ0v) is 10.9. The van der Waals surface area contributed by atoms with Crippen molar-refractivity contribution < 1.29 is 22.7 Å². The molecule has 0 aromatic rings. The highest BCUT2D eigenvalue weighted by atomic mass is 32.2. The Morgan fingerprint density at radius 3 is 2.00 bits per heavy atom. The van der Waals surface area contributed by atoms with Gasteiger partial charge >= 0.3 is 5.97 Å². The van der Waals surface area contributed by atoms with Crippen LogP contribution in [0.4, 0.5) is 0 Å². The Morgan fingerprint density at radius 2 is 1.62 bits per heavy atom. The van der Waals surface area contributed by atoms with Gasteiger partial charge in [0.25, 0.3) is 0 Å². The summed E-state index contributed by atoms with van der Waals surface area (Å²) in [5, 5.41) is 0. The normalized spacial score (nSPS) is 12.2. The van der Waals surface area contributed by atoms with Crippen molar-refractivity contribution in [3.05, 3.63) is 0 Å². The van der Waals surface area contributed by atoms with Gasteiger partial charge in [0.05, 0.1) is 6.61 Å². The highest BCUT2D eigenvalue weighted by Crippen LogP contribution is 2.15. The Labute approximate surface area is 96.1 Å². The van der Waals surface area contributed by atoms with Gasteiger partial charge in [0.1, 0.15) is 11.5 Å². The third-order valence-corrected chi connectivity index (χ3v) is 3.21. The molecule has 94 valence electrons. The Hall–Kier alpha value is -0.910. The van der Waals surface area contributed by atoms with Gasteiger partial charge in [-0.25, -0.2) is 8.42 Å². The van der Waals surface area contributed by atoms with Gasteiger partial charge in [0.15, 0.2) is 15.6 Å². The maximum atomic E-state index is 11.5. The van der Waals surface area contributed by atoms with Crippen molar-refractivity contribution in [3.63, 3.8) is 0 Å². The summed E-state index contributed by atoms with van der Waals surface area (Å²) in [4.78, 5) is 22.5. The summed E-state index contributed by atoms with van der Waals surface area (Å²) >= 11 is 0. The van der Waals surface area contributed by atoms with Crippen molar-refractivity contribution in [1.29, 1.82) is 0 Å². The molecule has 0 spiro atoms. The van der Waals surface area contributed by atoms with Crippen molar-refractivity contribution in [2.24, 2.45) is 5.41 Å². The highest BCUT2D eigenvalue weighted by molar-refractivity contribution is 7.92. The molecule has 0 atom stereocenters. The molecule has 0 bridgehead atoms. The van der Waals surface area contributed by atoms with Crippen molar-refractivity contribution in [3.8, 4) is 0 Å². The molecule has 0 amide bonds. The van der Waals surface area contributed by atoms with Gasteiger partial charge in [-0.1, -0.05) is 20.8 Å². The fourth-order valence-electron chi connectivity index (χ4n) is 0.849. The summed E-state index contributed by atoms with van der Waals surface area (Å²) in [6, 6.07) is 0. The number of sulfone groups is 1. The lowest BCUT2D eigenvalue weighted by Crippen LogP contribution is -2.31. The van der Waals surface area contributed by atoms with Crippen molar-refractivity contribution in [2.45, 2.75) is 27.7 Å². The first kappa shape index (κ1) is 15.1. The predicted molar refractivity (Wildman–Crippen MR) is 59.7 cm³/mol. The van der Waals surface area contributed by atoms with Gasteiger partial charge in [-0.15, -0.1) is 0 Å². The number of Topliss-reactive ketones (excluding diaryl/α,β-unsaturated/α-hetero) is 1. The lowest BCUT2D eigenvalue weighted by Gasteiger charge is -2.16. The fraction of sp³-hybridized carbons (Fsp3) is 0.800. The first-order valence-corrected chi connectivity index (χ1v) is 6.80. The third kappa shape index (κ3) is 5.85. The molecule has 0 aromatic heterocycles. The molecular weight excluding hydrogens is 232 g/mol. The molecule has 6 heteroatoms. The van der Waals surface area contributed by atoms with Crippen LogP contribution in [0.5, 0.6) is 0 Å². The van der Waals surface area contributed by atoms with E-state index in [1.807, 2.05) is 0 Å². The molecule has 0 saturated heterocycles. The summed E-state index contributed by atoms with van der Waals surface area (Å²) < 4.78 is 27.4. The Balaban J connectivity index is 4.49. The van der Waals surface area contributed by atoms with E-state index in [-0.39, 0.29) is 6.61 Å². The second kappa shape index (κ2) is 5.43. The molecule has 0 fully saturated rings. The van der Waals surface area contributed by atoms with Gasteiger partial charge in [-0.05, 0) is 6.92 Å². The van der Waals surface area contributed by atoms with E-state index in [2.05, 4.69) is 4.74 Å². The number of carbonyl (C=O) groups excluding carboxylic acids is 2. The van der Waals surface area contributed by atoms with Gasteiger partial charge in [-0.2, -0.15) is 0 Å². The molecule has 5 nitrogen and oxygen atoms in total. The molecule has 0 unspecified atom stereocenters. The summed E-state index contributed by atoms with van der Waals surface area (Å²) in [5.41, 5.74) is -0.721. The van der Waals surface area contributed by atoms with Crippen LogP contribution in [0, 0.1) is 5.41 Å². The first-order valence-electron chi connectivity index (χ1n) is 4.98. The minimum atomic E-state index is -3.71. The molecule has 0 N–H and O–H groups in total. The smallest absolute Gasteiger partial charge is 0.321 e. The zero-order chi connectivity index (χ0) is 13.0. The average Bonchev–Trinajstić information content (AvgIpc) is 1.99. The van der Waals surface area contributed by atoms with E-state index in [0.717, 1.165) is 0 Å². The minimum absolute atomic E-state index is 0.127. The van der Waals surface area contributed by atoms with E-state index in [4.69, 9.17) is 0 Å². The Bertz CT molecular complexity index is 361. The molecule has 16 heavy (non-hydrogen) atoms. The van der Waals surface area contributed by atoms with Crippen LogP contribution in [0.1, 0.15) is 27.7 Å². The molecule has 0 heterocycles. The van der Waals surface area contributed by atoms with Gasteiger partial charge in [0.2, 0.25) is 0 Å². The van der Waals surface area contributed by atoms with Gasteiger partial charge in [-0.3, -0.25) is 9.59 Å². The van der Waals surface area contributed by atoms with Crippen LogP contribution in [0.25, 0.3) is 0 Å². The number of esters is 1. The topological polar surface area (TPSA) is 77.5 Å². The monoisotopic (exact) mass is 250 g/mol. The summed E-state index contributed by atoms with van der Waals surface area (Å²) in [7, 11) is -3.71. The van der Waals surface area contributed by atoms with Crippen LogP contribution < -0.4 is 0 Å². The number of ketones is 1. The van der Waals surface area contributed by atoms with Crippen LogP contribution in [0.3, 0.4) is 0 Å². The lowest BCUT2D eigenvalue weighted by atomic mass is 9.92. The zero-order valence-electron chi connectivity index (χ0n) is 10.1. The van der Waals surface area contributed by atoms with E-state index < -0.39 is 38.5 Å². The molecule has 0 aliphatic carbocycles. The highest BCUT2D eigenvalue weighted by Gasteiger charge is 2.28. The SMILES string of the molecule is CCOC(=O)CS(=O)(=O)CC(=O)C(C)(C)C. The molecular formula is C10H18O5S. The standard InChI is InChI=1S/C10H18O5S/c1-5-15-9(12)7-16(13,14)6-8(11)10(2,3)4/h5-7H2,1-4H3. The van der Waals surface area contributed by atoms with E-state index in [1.165, 1.54) is 0 Å². The fourth-order valence-corrected chi connectivity index (χ4v) is 2.23. The maximum Gasteiger partial charge on any atom is 0.321 e. The number of hydrogen-bond donors (Lipinski definition) is 0. The Morgan fingerprint density at radius 1 is 1.12 bits per heavy atom. The van der Waals surface area contributed by atoms with Crippen LogP contribution in [-0.4, -0.2) is 38.3 Å². The number of rotatable bonds is 5. The molecule has 0 aromatic carbocycles. The van der Waals surface area contributed by atoms with Gasteiger partial charge in [0, 0.05) is 5.41 Å². The first-order chi connectivity index (χ1) is 7.08. The second-order valence-electron chi connectivity index (χ2n) is 4.51. The Kier molecular flexibility index (Phi) is 5.12. The molecule has 0 aliphatic heterocycles. The molecule has 0 rings (SSSR count). The number of hydrogen-bond acceptors (Lipinski definition) is 5. The van der Waals surface area contributed by atoms with E-state index in [0.29, 0.717) is 0 Å². The van der Waals surface area contributed by atoms with Crippen molar-refractivity contribution >= 4 is 21.6 Å². The van der Waals surface area contributed by atoms with Crippen LogP contribution >= 0.6 is 0 Å². The van der Waals surface area contributed by atoms with Crippen molar-refractivity contribution in [2.75, 3.05) is 18.1 Å². The molecule has 0 radical (unpaired) electrons. The summed E-state index contributed by atoms with van der Waals surface area (Å²) in [6.45, 7) is 6.62.